The van der Waals surface area contributed by atoms with Gasteiger partial charge >= 0.3 is 0 Å². The van der Waals surface area contributed by atoms with Gasteiger partial charge in [0, 0.05) is 93.1 Å². The smallest absolute Gasteiger partial charge is 0.144 e. The van der Waals surface area contributed by atoms with Gasteiger partial charge in [0.05, 0.1) is 0 Å². The molecule has 0 radical (unpaired) electrons. The standard InChI is InChI=1S/C93H69NO3/c1-89(2)67-46-51(40-43-58(67)74-70(89)49-64(86-77(74)61-32-18-23-37-71(61)95-86)55-29-15-14-28-54(55)50-26-12-11-13-27-50)94(52-41-44-59-68(47-52)92(7,8)82-75(59)78-62-33-19-24-38-72(62)96-87(78)80-56-30-16-21-35-65(56)90(3,4)84(80)82)53-42-45-60-69(48-53)93(9,10)83-76(60)79-63-34-20-25-39-73(63)97-88(79)81-57-31-17-22-36-66(57)91(5,6)85(81)83/h11-49H,1-10H3. The van der Waals surface area contributed by atoms with Crippen LogP contribution in [0.25, 0.3) is 144 Å². The Balaban J connectivity index is 0.810. The highest BCUT2D eigenvalue weighted by molar-refractivity contribution is 6.24. The highest BCUT2D eigenvalue weighted by Gasteiger charge is 2.51. The fourth-order valence-electron chi connectivity index (χ4n) is 19.8. The monoisotopic (exact) mass is 1250 g/mol. The first-order valence-corrected chi connectivity index (χ1v) is 34.6. The van der Waals surface area contributed by atoms with Crippen molar-refractivity contribution in [1.82, 2.24) is 0 Å². The largest absolute Gasteiger partial charge is 0.455 e. The molecule has 16 aromatic rings. The minimum Gasteiger partial charge on any atom is -0.455 e. The van der Waals surface area contributed by atoms with Gasteiger partial charge < -0.3 is 18.2 Å². The van der Waals surface area contributed by atoms with Gasteiger partial charge in [-0.05, 0) is 177 Å². The van der Waals surface area contributed by atoms with E-state index in [1.165, 1.54) is 133 Å². The molecule has 4 heteroatoms. The van der Waals surface area contributed by atoms with Crippen LogP contribution in [0, 0.1) is 0 Å². The lowest BCUT2D eigenvalue weighted by Gasteiger charge is -2.33. The van der Waals surface area contributed by atoms with Gasteiger partial charge in [0.15, 0.2) is 0 Å². The van der Waals surface area contributed by atoms with Crippen LogP contribution in [-0.2, 0) is 27.1 Å². The third-order valence-corrected chi connectivity index (χ3v) is 24.1. The van der Waals surface area contributed by atoms with Gasteiger partial charge in [0.2, 0.25) is 0 Å². The van der Waals surface area contributed by atoms with E-state index in [2.05, 4.69) is 311 Å². The SMILES string of the molecule is CC1(C)c2cc(N(c3ccc4c(c3)C(C)(C)c3c5c(c6oc7ccccc7c6c3-4)-c3ccccc3C5(C)C)c3ccc4c(c3)C(C)(C)c3c5c(c6oc7ccccc7c6c3-4)-c3ccccc3C5(C)C)ccc2-c2c1cc(-c1ccccc1-c1ccccc1)c1oc3ccccc3c21. The van der Waals surface area contributed by atoms with E-state index in [0.29, 0.717) is 0 Å². The summed E-state index contributed by atoms with van der Waals surface area (Å²) in [5.74, 6) is 0. The predicted octanol–water partition coefficient (Wildman–Crippen LogP) is 25.7. The molecule has 0 atom stereocenters. The number of para-hydroxylation sites is 3. The quantitative estimate of drug-likeness (QED) is 0.172. The van der Waals surface area contributed by atoms with Crippen LogP contribution < -0.4 is 4.90 Å². The molecule has 3 heterocycles. The molecule has 464 valence electrons. The number of furan rings is 3. The normalized spacial score (nSPS) is 16.1. The molecule has 13 aromatic carbocycles. The van der Waals surface area contributed by atoms with Gasteiger partial charge in [0.1, 0.15) is 33.5 Å². The van der Waals surface area contributed by atoms with Crippen molar-refractivity contribution in [3.8, 4) is 77.9 Å². The maximum Gasteiger partial charge on any atom is 0.144 e. The first kappa shape index (κ1) is 55.4. The molecule has 0 unspecified atom stereocenters. The average Bonchev–Trinajstić information content (AvgIpc) is 1.51. The summed E-state index contributed by atoms with van der Waals surface area (Å²) in [5.41, 5.74) is 37.8. The lowest BCUT2D eigenvalue weighted by Crippen LogP contribution is -2.24. The fourth-order valence-corrected chi connectivity index (χ4v) is 19.8. The van der Waals surface area contributed by atoms with E-state index in [9.17, 15) is 0 Å². The number of rotatable bonds is 5. The highest BCUT2D eigenvalue weighted by Crippen LogP contribution is 2.67. The van der Waals surface area contributed by atoms with Crippen LogP contribution in [0.5, 0.6) is 0 Å². The predicted molar refractivity (Wildman–Crippen MR) is 402 cm³/mol. The van der Waals surface area contributed by atoms with E-state index in [0.717, 1.165) is 83.2 Å². The Labute approximate surface area is 564 Å². The number of hydrogen-bond donors (Lipinski definition) is 0. The van der Waals surface area contributed by atoms with Crippen molar-refractivity contribution in [2.45, 2.75) is 96.3 Å². The minimum atomic E-state index is -0.425. The average molecular weight is 1250 g/mol. The van der Waals surface area contributed by atoms with Gasteiger partial charge in [-0.25, -0.2) is 0 Å². The van der Waals surface area contributed by atoms with E-state index in [4.69, 9.17) is 13.3 Å². The van der Waals surface area contributed by atoms with Gasteiger partial charge in [-0.1, -0.05) is 245 Å². The lowest BCUT2D eigenvalue weighted by molar-refractivity contribution is 0.600. The Kier molecular flexibility index (Phi) is 10.5. The van der Waals surface area contributed by atoms with Crippen molar-refractivity contribution < 1.29 is 13.3 Å². The molecule has 0 saturated carbocycles. The second-order valence-corrected chi connectivity index (χ2v) is 30.9. The second kappa shape index (κ2) is 18.3. The Bertz CT molecular complexity index is 6040. The summed E-state index contributed by atoms with van der Waals surface area (Å²) >= 11 is 0. The van der Waals surface area contributed by atoms with Crippen LogP contribution in [-0.4, -0.2) is 0 Å². The third kappa shape index (κ3) is 6.79. The van der Waals surface area contributed by atoms with E-state index < -0.39 is 16.2 Å². The van der Waals surface area contributed by atoms with Crippen molar-refractivity contribution in [3.05, 3.63) is 292 Å². The Morgan fingerprint density at radius 1 is 0.237 bits per heavy atom. The first-order valence-electron chi connectivity index (χ1n) is 34.6. The summed E-state index contributed by atoms with van der Waals surface area (Å²) in [6, 6.07) is 88.4. The summed E-state index contributed by atoms with van der Waals surface area (Å²) in [6.45, 7) is 24.5. The van der Waals surface area contributed by atoms with Gasteiger partial charge in [0.25, 0.3) is 0 Å². The molecule has 3 aromatic heterocycles. The second-order valence-electron chi connectivity index (χ2n) is 30.9. The van der Waals surface area contributed by atoms with E-state index in [1.807, 2.05) is 0 Å². The van der Waals surface area contributed by atoms with E-state index >= 15 is 0 Å². The van der Waals surface area contributed by atoms with Gasteiger partial charge in [-0.2, -0.15) is 0 Å². The van der Waals surface area contributed by atoms with Crippen molar-refractivity contribution in [2.24, 2.45) is 0 Å². The molecule has 0 fully saturated rings. The van der Waals surface area contributed by atoms with Crippen LogP contribution in [0.3, 0.4) is 0 Å². The van der Waals surface area contributed by atoms with Crippen molar-refractivity contribution >= 4 is 82.9 Å². The lowest BCUT2D eigenvalue weighted by atomic mass is 9.72. The Morgan fingerprint density at radius 2 is 0.577 bits per heavy atom. The van der Waals surface area contributed by atoms with Gasteiger partial charge in [-0.3, -0.25) is 0 Å². The number of fused-ring (bicyclic) bond motifs is 31. The minimum absolute atomic E-state index is 0.284. The number of anilines is 3. The van der Waals surface area contributed by atoms with Crippen molar-refractivity contribution in [2.75, 3.05) is 4.90 Å². The molecule has 97 heavy (non-hydrogen) atoms. The summed E-state index contributed by atoms with van der Waals surface area (Å²) in [7, 11) is 0. The Morgan fingerprint density at radius 3 is 1.05 bits per heavy atom. The highest BCUT2D eigenvalue weighted by atomic mass is 16.3. The first-order chi connectivity index (χ1) is 46.9. The zero-order valence-electron chi connectivity index (χ0n) is 56.2. The van der Waals surface area contributed by atoms with Crippen molar-refractivity contribution in [1.29, 1.82) is 0 Å². The molecular formula is C93H69NO3. The Hall–Kier alpha value is -10.9. The molecule has 5 aliphatic rings. The van der Waals surface area contributed by atoms with Crippen LogP contribution in [0.15, 0.2) is 250 Å². The molecule has 0 spiro atoms. The zero-order valence-corrected chi connectivity index (χ0v) is 56.2. The van der Waals surface area contributed by atoms with Crippen molar-refractivity contribution in [3.63, 3.8) is 0 Å². The molecule has 0 N–H and O–H groups in total. The summed E-state index contributed by atoms with van der Waals surface area (Å²) in [5, 5.41) is 7.02. The zero-order chi connectivity index (χ0) is 65.3. The number of nitrogens with zero attached hydrogens (tertiary/aromatic N) is 1. The number of benzene rings is 13. The molecule has 4 nitrogen and oxygen atoms in total. The molecule has 5 aliphatic carbocycles. The molecule has 0 aliphatic heterocycles. The topological polar surface area (TPSA) is 42.7 Å². The molecule has 0 bridgehead atoms. The maximum absolute atomic E-state index is 7.15. The molecule has 21 rings (SSSR count). The molecule has 0 saturated heterocycles. The van der Waals surface area contributed by atoms with Crippen LogP contribution in [0.2, 0.25) is 0 Å². The summed E-state index contributed by atoms with van der Waals surface area (Å²) < 4.78 is 21.4. The summed E-state index contributed by atoms with van der Waals surface area (Å²) in [6.07, 6.45) is 0. The van der Waals surface area contributed by atoms with E-state index in [1.54, 1.807) is 0 Å². The molecule has 0 amide bonds. The van der Waals surface area contributed by atoms with Gasteiger partial charge in [-0.15, -0.1) is 0 Å². The van der Waals surface area contributed by atoms with E-state index in [-0.39, 0.29) is 10.8 Å². The van der Waals surface area contributed by atoms with Crippen LogP contribution >= 0.6 is 0 Å². The maximum atomic E-state index is 7.15. The summed E-state index contributed by atoms with van der Waals surface area (Å²) in [4.78, 5) is 2.59. The number of hydrogen-bond acceptors (Lipinski definition) is 4. The molecular weight excluding hydrogens is 1180 g/mol. The van der Waals surface area contributed by atoms with Crippen LogP contribution in [0.1, 0.15) is 125 Å². The fraction of sp³-hybridized carbons (Fsp3) is 0.161. The van der Waals surface area contributed by atoms with Crippen LogP contribution in [0.4, 0.5) is 17.1 Å². The third-order valence-electron chi connectivity index (χ3n) is 24.1.